The van der Waals surface area contributed by atoms with Crippen molar-refractivity contribution in [3.8, 4) is 12.1 Å². The highest BCUT2D eigenvalue weighted by Crippen LogP contribution is 2.27. The number of benzene rings is 2. The first-order chi connectivity index (χ1) is 13.2. The number of nitrogens with zero attached hydrogens (tertiary/aromatic N) is 4. The Kier molecular flexibility index (Phi) is 5.78. The third-order valence-corrected chi connectivity index (χ3v) is 4.19. The molecule has 3 aromatic rings. The van der Waals surface area contributed by atoms with E-state index >= 15 is 0 Å². The van der Waals surface area contributed by atoms with Gasteiger partial charge in [-0.15, -0.1) is 0 Å². The SMILES string of the molecule is N#C/C=C/c1ccc(Nc2ccnc(Nc3ccc(C#N)cc3)n2)c(Br)c1. The third-order valence-electron chi connectivity index (χ3n) is 3.53. The summed E-state index contributed by atoms with van der Waals surface area (Å²) in [6.45, 7) is 0. The van der Waals surface area contributed by atoms with E-state index in [9.17, 15) is 0 Å². The number of nitriles is 2. The number of hydrogen-bond donors (Lipinski definition) is 2. The molecule has 1 heterocycles. The maximum atomic E-state index is 8.85. The Morgan fingerprint density at radius 1 is 1.00 bits per heavy atom. The molecule has 0 amide bonds. The number of aromatic nitrogens is 2. The standard InChI is InChI=1S/C20H13BrN6/c21-17-12-14(2-1-10-22)5-8-18(17)26-19-9-11-24-20(27-19)25-16-6-3-15(13-23)4-7-16/h1-9,11-12H,(H2,24,25,26,27)/b2-1+. The molecule has 1 aromatic heterocycles. The van der Waals surface area contributed by atoms with Gasteiger partial charge in [0, 0.05) is 22.4 Å². The lowest BCUT2D eigenvalue weighted by molar-refractivity contribution is 1.16. The fraction of sp³-hybridized carbons (Fsp3) is 0. The fourth-order valence-corrected chi connectivity index (χ4v) is 2.75. The monoisotopic (exact) mass is 416 g/mol. The Labute approximate surface area is 165 Å². The molecule has 3 rings (SSSR count). The summed E-state index contributed by atoms with van der Waals surface area (Å²) in [4.78, 5) is 8.65. The van der Waals surface area contributed by atoms with Gasteiger partial charge in [-0.3, -0.25) is 0 Å². The van der Waals surface area contributed by atoms with Gasteiger partial charge in [0.1, 0.15) is 5.82 Å². The molecule has 0 aliphatic heterocycles. The van der Waals surface area contributed by atoms with E-state index in [-0.39, 0.29) is 0 Å². The quantitative estimate of drug-likeness (QED) is 0.559. The van der Waals surface area contributed by atoms with Gasteiger partial charge in [0.25, 0.3) is 0 Å². The Bertz CT molecular complexity index is 1060. The molecule has 0 saturated heterocycles. The van der Waals surface area contributed by atoms with Crippen LogP contribution in [-0.4, -0.2) is 9.97 Å². The van der Waals surface area contributed by atoms with Crippen LogP contribution in [0, 0.1) is 22.7 Å². The molecular formula is C20H13BrN6. The average molecular weight is 417 g/mol. The number of nitrogens with one attached hydrogen (secondary N) is 2. The van der Waals surface area contributed by atoms with E-state index < -0.39 is 0 Å². The van der Waals surface area contributed by atoms with Crippen LogP contribution in [0.15, 0.2) is 65.3 Å². The molecular weight excluding hydrogens is 404 g/mol. The second-order valence-corrected chi connectivity index (χ2v) is 6.26. The molecule has 7 heteroatoms. The predicted octanol–water partition coefficient (Wildman–Crippen LogP) is 5.13. The Morgan fingerprint density at radius 3 is 2.52 bits per heavy atom. The van der Waals surface area contributed by atoms with Crippen molar-refractivity contribution in [2.24, 2.45) is 0 Å². The van der Waals surface area contributed by atoms with Gasteiger partial charge >= 0.3 is 0 Å². The molecule has 0 bridgehead atoms. The Hall–Kier alpha value is -3.68. The summed E-state index contributed by atoms with van der Waals surface area (Å²) in [5.74, 6) is 1.07. The lowest BCUT2D eigenvalue weighted by Gasteiger charge is -2.10. The van der Waals surface area contributed by atoms with Crippen LogP contribution in [-0.2, 0) is 0 Å². The van der Waals surface area contributed by atoms with Gasteiger partial charge in [0.05, 0.1) is 23.4 Å². The molecule has 0 fully saturated rings. The summed E-state index contributed by atoms with van der Waals surface area (Å²) in [6, 6.07) is 18.6. The van der Waals surface area contributed by atoms with Crippen molar-refractivity contribution in [1.29, 1.82) is 10.5 Å². The number of rotatable bonds is 5. The summed E-state index contributed by atoms with van der Waals surface area (Å²) in [6.07, 6.45) is 4.82. The second kappa shape index (κ2) is 8.61. The predicted molar refractivity (Wildman–Crippen MR) is 109 cm³/mol. The minimum absolute atomic E-state index is 0.439. The van der Waals surface area contributed by atoms with Crippen LogP contribution in [0.3, 0.4) is 0 Å². The number of anilines is 4. The van der Waals surface area contributed by atoms with E-state index in [1.165, 1.54) is 6.08 Å². The number of hydrogen-bond acceptors (Lipinski definition) is 6. The molecule has 0 spiro atoms. The normalized spacial score (nSPS) is 10.2. The van der Waals surface area contributed by atoms with E-state index in [1.807, 2.05) is 24.3 Å². The summed E-state index contributed by atoms with van der Waals surface area (Å²) in [7, 11) is 0. The molecule has 0 radical (unpaired) electrons. The van der Waals surface area contributed by atoms with E-state index in [2.05, 4.69) is 42.6 Å². The van der Waals surface area contributed by atoms with Crippen LogP contribution in [0.4, 0.5) is 23.1 Å². The molecule has 2 aromatic carbocycles. The van der Waals surface area contributed by atoms with Gasteiger partial charge in [-0.2, -0.15) is 15.5 Å². The maximum Gasteiger partial charge on any atom is 0.229 e. The Balaban J connectivity index is 1.75. The van der Waals surface area contributed by atoms with Gasteiger partial charge < -0.3 is 10.6 Å². The topological polar surface area (TPSA) is 97.4 Å². The van der Waals surface area contributed by atoms with Gasteiger partial charge in [0.2, 0.25) is 5.95 Å². The van der Waals surface area contributed by atoms with Crippen LogP contribution in [0.2, 0.25) is 0 Å². The molecule has 0 atom stereocenters. The van der Waals surface area contributed by atoms with Gasteiger partial charge in [-0.25, -0.2) is 4.98 Å². The van der Waals surface area contributed by atoms with Crippen molar-refractivity contribution < 1.29 is 0 Å². The molecule has 0 unspecified atom stereocenters. The first kappa shape index (κ1) is 18.1. The summed E-state index contributed by atoms with van der Waals surface area (Å²) in [5.41, 5.74) is 3.14. The molecule has 2 N–H and O–H groups in total. The molecule has 0 aliphatic rings. The minimum atomic E-state index is 0.439. The van der Waals surface area contributed by atoms with Crippen molar-refractivity contribution in [2.75, 3.05) is 10.6 Å². The van der Waals surface area contributed by atoms with Gasteiger partial charge in [-0.05, 0) is 70.0 Å². The lowest BCUT2D eigenvalue weighted by atomic mass is 10.2. The van der Waals surface area contributed by atoms with Crippen LogP contribution >= 0.6 is 15.9 Å². The smallest absolute Gasteiger partial charge is 0.229 e. The van der Waals surface area contributed by atoms with Crippen LogP contribution in [0.1, 0.15) is 11.1 Å². The zero-order valence-corrected chi connectivity index (χ0v) is 15.6. The lowest BCUT2D eigenvalue weighted by Crippen LogP contribution is -2.00. The van der Waals surface area contributed by atoms with Crippen LogP contribution < -0.4 is 10.6 Å². The van der Waals surface area contributed by atoms with E-state index in [4.69, 9.17) is 10.5 Å². The van der Waals surface area contributed by atoms with Crippen LogP contribution in [0.5, 0.6) is 0 Å². The average Bonchev–Trinajstić information content (AvgIpc) is 2.69. The molecule has 0 aliphatic carbocycles. The highest BCUT2D eigenvalue weighted by atomic mass is 79.9. The molecule has 130 valence electrons. The van der Waals surface area contributed by atoms with E-state index in [0.29, 0.717) is 17.3 Å². The third kappa shape index (κ3) is 4.91. The largest absolute Gasteiger partial charge is 0.339 e. The number of halogens is 1. The van der Waals surface area contributed by atoms with Crippen molar-refractivity contribution in [3.63, 3.8) is 0 Å². The number of allylic oxidation sites excluding steroid dienone is 1. The Morgan fingerprint density at radius 2 is 1.81 bits per heavy atom. The van der Waals surface area contributed by atoms with Crippen molar-refractivity contribution in [3.05, 3.63) is 76.4 Å². The minimum Gasteiger partial charge on any atom is -0.339 e. The zero-order valence-electron chi connectivity index (χ0n) is 14.0. The fourth-order valence-electron chi connectivity index (χ4n) is 2.25. The van der Waals surface area contributed by atoms with Crippen molar-refractivity contribution >= 4 is 45.1 Å². The first-order valence-corrected chi connectivity index (χ1v) is 8.70. The summed E-state index contributed by atoms with van der Waals surface area (Å²) in [5, 5.41) is 23.8. The molecule has 6 nitrogen and oxygen atoms in total. The van der Waals surface area contributed by atoms with E-state index in [0.717, 1.165) is 21.4 Å². The molecule has 0 saturated carbocycles. The van der Waals surface area contributed by atoms with Gasteiger partial charge in [-0.1, -0.05) is 6.07 Å². The zero-order chi connectivity index (χ0) is 19.1. The summed E-state index contributed by atoms with van der Waals surface area (Å²) >= 11 is 3.52. The van der Waals surface area contributed by atoms with Crippen LogP contribution in [0.25, 0.3) is 6.08 Å². The molecule has 27 heavy (non-hydrogen) atoms. The van der Waals surface area contributed by atoms with Gasteiger partial charge in [0.15, 0.2) is 0 Å². The summed E-state index contributed by atoms with van der Waals surface area (Å²) < 4.78 is 0.850. The second-order valence-electron chi connectivity index (χ2n) is 5.41. The van der Waals surface area contributed by atoms with Crippen molar-refractivity contribution in [2.45, 2.75) is 0 Å². The highest BCUT2D eigenvalue weighted by molar-refractivity contribution is 9.10. The first-order valence-electron chi connectivity index (χ1n) is 7.91. The maximum absolute atomic E-state index is 8.85. The van der Waals surface area contributed by atoms with Crippen molar-refractivity contribution in [1.82, 2.24) is 9.97 Å². The van der Waals surface area contributed by atoms with E-state index in [1.54, 1.807) is 42.6 Å². The highest BCUT2D eigenvalue weighted by Gasteiger charge is 2.04.